The van der Waals surface area contributed by atoms with Crippen molar-refractivity contribution in [1.29, 1.82) is 0 Å². The van der Waals surface area contributed by atoms with E-state index in [0.717, 1.165) is 45.3 Å². The van der Waals surface area contributed by atoms with Gasteiger partial charge in [-0.1, -0.05) is 74.7 Å². The van der Waals surface area contributed by atoms with Crippen molar-refractivity contribution < 1.29 is 13.2 Å². The second-order valence-electron chi connectivity index (χ2n) is 11.7. The first-order valence-corrected chi connectivity index (χ1v) is 17.8. The van der Waals surface area contributed by atoms with Crippen LogP contribution in [0.2, 0.25) is 0 Å². The van der Waals surface area contributed by atoms with E-state index >= 15 is 0 Å². The molecule has 1 aromatic rings. The lowest BCUT2D eigenvalue weighted by molar-refractivity contribution is -0.124. The molecule has 0 radical (unpaired) electrons. The molecule has 0 unspecified atom stereocenters. The van der Waals surface area contributed by atoms with Gasteiger partial charge in [0, 0.05) is 31.4 Å². The van der Waals surface area contributed by atoms with Crippen LogP contribution in [0, 0.1) is 5.92 Å². The summed E-state index contributed by atoms with van der Waals surface area (Å²) in [6, 6.07) is 9.92. The molecule has 2 saturated heterocycles. The molecule has 0 aromatic heterocycles. The van der Waals surface area contributed by atoms with E-state index in [4.69, 9.17) is 12.2 Å². The molecule has 3 fully saturated rings. The standard InChI is InChI=1S/C29H46N4O3S3/c1-22(2)39(35,36)33-21-38-20-27(33)28(34)31-26(14-13-23-9-5-3-6-10-23)29(37)30-25-15-17-32(18-16-25)19-24-11-7-4-8-12-24/h4,7-8,11-12,22-23,25-27H,3,5-6,9-10,13-21H2,1-2H3,(H,30,37)(H,31,34)/t26-,27+/m1/s1. The minimum atomic E-state index is -3.51. The van der Waals surface area contributed by atoms with Crippen LogP contribution in [-0.4, -0.2) is 76.6 Å². The first kappa shape index (κ1) is 30.8. The summed E-state index contributed by atoms with van der Waals surface area (Å²) < 4.78 is 27.2. The minimum absolute atomic E-state index is 0.223. The van der Waals surface area contributed by atoms with Crippen molar-refractivity contribution >= 4 is 44.9 Å². The molecule has 2 aliphatic heterocycles. The van der Waals surface area contributed by atoms with E-state index in [0.29, 0.717) is 28.6 Å². The highest BCUT2D eigenvalue weighted by atomic mass is 32.2. The van der Waals surface area contributed by atoms with Gasteiger partial charge in [-0.05, 0) is 51.0 Å². The molecular formula is C29H46N4O3S3. The fraction of sp³-hybridized carbons (Fsp3) is 0.724. The lowest BCUT2D eigenvalue weighted by Gasteiger charge is -2.34. The van der Waals surface area contributed by atoms with Crippen LogP contribution < -0.4 is 10.6 Å². The number of hydrogen-bond donors (Lipinski definition) is 2. The minimum Gasteiger partial charge on any atom is -0.375 e. The number of likely N-dealkylation sites (tertiary alicyclic amines) is 1. The average molecular weight is 595 g/mol. The summed E-state index contributed by atoms with van der Waals surface area (Å²) in [6.07, 6.45) is 10.2. The molecule has 218 valence electrons. The zero-order valence-corrected chi connectivity index (χ0v) is 26.0. The first-order valence-electron chi connectivity index (χ1n) is 14.7. The summed E-state index contributed by atoms with van der Waals surface area (Å²) in [5.74, 6) is 1.27. The van der Waals surface area contributed by atoms with E-state index in [1.54, 1.807) is 13.8 Å². The highest BCUT2D eigenvalue weighted by molar-refractivity contribution is 8.00. The van der Waals surface area contributed by atoms with Crippen molar-refractivity contribution in [2.24, 2.45) is 5.92 Å². The van der Waals surface area contributed by atoms with E-state index in [2.05, 4.69) is 45.9 Å². The number of benzene rings is 1. The number of carbonyl (C=O) groups is 1. The Morgan fingerprint density at radius 1 is 1.08 bits per heavy atom. The second-order valence-corrected chi connectivity index (χ2v) is 15.6. The normalized spacial score (nSPS) is 23.1. The number of rotatable bonds is 11. The Kier molecular flexibility index (Phi) is 11.5. The third-order valence-corrected chi connectivity index (χ3v) is 12.3. The lowest BCUT2D eigenvalue weighted by Crippen LogP contribution is -2.55. The Morgan fingerprint density at radius 3 is 2.44 bits per heavy atom. The Balaban J connectivity index is 1.35. The quantitative estimate of drug-likeness (QED) is 0.365. The molecule has 10 heteroatoms. The van der Waals surface area contributed by atoms with Gasteiger partial charge in [0.05, 0.1) is 22.2 Å². The van der Waals surface area contributed by atoms with Gasteiger partial charge in [0.1, 0.15) is 6.04 Å². The van der Waals surface area contributed by atoms with Gasteiger partial charge in [-0.15, -0.1) is 11.8 Å². The summed E-state index contributed by atoms with van der Waals surface area (Å²) in [5, 5.41) is 6.25. The van der Waals surface area contributed by atoms with Crippen molar-refractivity contribution in [3.63, 3.8) is 0 Å². The van der Waals surface area contributed by atoms with E-state index in [1.165, 1.54) is 53.7 Å². The SMILES string of the molecule is CC(C)S(=O)(=O)N1CSC[C@H]1C(=O)N[C@H](CCC1CCCCC1)C(=S)NC1CCN(Cc2ccccc2)CC1. The molecule has 1 saturated carbocycles. The van der Waals surface area contributed by atoms with E-state index in [-0.39, 0.29) is 11.9 Å². The molecule has 2 N–H and O–H groups in total. The van der Waals surface area contributed by atoms with Gasteiger partial charge in [0.25, 0.3) is 0 Å². The highest BCUT2D eigenvalue weighted by Crippen LogP contribution is 2.29. The largest absolute Gasteiger partial charge is 0.375 e. The van der Waals surface area contributed by atoms with Crippen LogP contribution in [0.3, 0.4) is 0 Å². The molecule has 3 aliphatic rings. The molecule has 7 nitrogen and oxygen atoms in total. The number of nitrogens with one attached hydrogen (secondary N) is 2. The van der Waals surface area contributed by atoms with Gasteiger partial charge in [0.2, 0.25) is 15.9 Å². The number of piperidine rings is 1. The monoisotopic (exact) mass is 594 g/mol. The molecule has 2 atom stereocenters. The van der Waals surface area contributed by atoms with Crippen LogP contribution >= 0.6 is 24.0 Å². The third kappa shape index (κ3) is 8.64. The Morgan fingerprint density at radius 2 is 1.77 bits per heavy atom. The summed E-state index contributed by atoms with van der Waals surface area (Å²) >= 11 is 7.41. The molecular weight excluding hydrogens is 549 g/mol. The number of thiocarbonyl (C=S) groups is 1. The van der Waals surface area contributed by atoms with Crippen molar-refractivity contribution in [1.82, 2.24) is 19.8 Å². The van der Waals surface area contributed by atoms with Gasteiger partial charge in [-0.2, -0.15) is 4.31 Å². The summed E-state index contributed by atoms with van der Waals surface area (Å²) in [6.45, 7) is 6.33. The van der Waals surface area contributed by atoms with Crippen molar-refractivity contribution in [3.8, 4) is 0 Å². The Labute approximate surface area is 245 Å². The van der Waals surface area contributed by atoms with E-state index in [9.17, 15) is 13.2 Å². The molecule has 1 aromatic carbocycles. The Bertz CT molecular complexity index is 1040. The molecule has 2 heterocycles. The van der Waals surface area contributed by atoms with Crippen LogP contribution in [0.5, 0.6) is 0 Å². The van der Waals surface area contributed by atoms with Crippen LogP contribution in [0.15, 0.2) is 30.3 Å². The fourth-order valence-electron chi connectivity index (χ4n) is 5.95. The topological polar surface area (TPSA) is 81.8 Å². The molecule has 0 bridgehead atoms. The molecule has 1 aliphatic carbocycles. The number of carbonyl (C=O) groups excluding carboxylic acids is 1. The second kappa shape index (κ2) is 14.6. The van der Waals surface area contributed by atoms with Crippen LogP contribution in [0.4, 0.5) is 0 Å². The molecule has 1 amide bonds. The van der Waals surface area contributed by atoms with Crippen molar-refractivity contribution in [2.45, 2.75) is 102 Å². The number of nitrogens with zero attached hydrogens (tertiary/aromatic N) is 2. The average Bonchev–Trinajstić information content (AvgIpc) is 3.44. The summed E-state index contributed by atoms with van der Waals surface area (Å²) in [7, 11) is -3.51. The van der Waals surface area contributed by atoms with Gasteiger partial charge in [0.15, 0.2) is 0 Å². The van der Waals surface area contributed by atoms with Gasteiger partial charge in [-0.25, -0.2) is 8.42 Å². The van der Waals surface area contributed by atoms with Crippen LogP contribution in [-0.2, 0) is 21.4 Å². The van der Waals surface area contributed by atoms with Crippen molar-refractivity contribution in [2.75, 3.05) is 24.7 Å². The van der Waals surface area contributed by atoms with Crippen LogP contribution in [0.25, 0.3) is 0 Å². The maximum atomic E-state index is 13.5. The van der Waals surface area contributed by atoms with Gasteiger partial charge in [-0.3, -0.25) is 9.69 Å². The predicted molar refractivity (Wildman–Crippen MR) is 165 cm³/mol. The van der Waals surface area contributed by atoms with Crippen LogP contribution in [0.1, 0.15) is 77.2 Å². The fourth-order valence-corrected chi connectivity index (χ4v) is 9.28. The zero-order chi connectivity index (χ0) is 27.8. The summed E-state index contributed by atoms with van der Waals surface area (Å²) in [4.78, 5) is 16.7. The highest BCUT2D eigenvalue weighted by Gasteiger charge is 2.41. The molecule has 4 rings (SSSR count). The third-order valence-electron chi connectivity index (χ3n) is 8.47. The van der Waals surface area contributed by atoms with Gasteiger partial charge >= 0.3 is 0 Å². The summed E-state index contributed by atoms with van der Waals surface area (Å²) in [5.41, 5.74) is 1.34. The molecule has 39 heavy (non-hydrogen) atoms. The Hall–Kier alpha value is -1.20. The lowest BCUT2D eigenvalue weighted by atomic mass is 9.85. The first-order chi connectivity index (χ1) is 18.7. The van der Waals surface area contributed by atoms with Gasteiger partial charge < -0.3 is 10.6 Å². The number of amides is 1. The van der Waals surface area contributed by atoms with Crippen molar-refractivity contribution in [3.05, 3.63) is 35.9 Å². The van der Waals surface area contributed by atoms with E-state index < -0.39 is 21.3 Å². The zero-order valence-electron chi connectivity index (χ0n) is 23.5. The number of thioether (sulfide) groups is 1. The number of hydrogen-bond acceptors (Lipinski definition) is 6. The molecule has 0 spiro atoms. The maximum Gasteiger partial charge on any atom is 0.239 e. The maximum absolute atomic E-state index is 13.5. The predicted octanol–water partition coefficient (Wildman–Crippen LogP) is 4.53. The number of sulfonamides is 1. The smallest absolute Gasteiger partial charge is 0.239 e. The van der Waals surface area contributed by atoms with E-state index in [1.807, 2.05) is 0 Å².